The molecular formula is C12H16N2O3. The molecule has 1 aliphatic carbocycles. The molecule has 0 fully saturated rings. The number of rotatable bonds is 3. The first-order chi connectivity index (χ1) is 8.13. The van der Waals surface area contributed by atoms with Gasteiger partial charge in [0.25, 0.3) is 0 Å². The van der Waals surface area contributed by atoms with Crippen molar-refractivity contribution in [3.8, 4) is 0 Å². The summed E-state index contributed by atoms with van der Waals surface area (Å²) in [6, 6.07) is -0.0226. The van der Waals surface area contributed by atoms with Crippen molar-refractivity contribution in [1.29, 1.82) is 0 Å². The molecule has 17 heavy (non-hydrogen) atoms. The third-order valence-electron chi connectivity index (χ3n) is 2.84. The number of aryl methyl sites for hydroxylation is 1. The molecule has 5 heteroatoms. The molecule has 92 valence electrons. The Labute approximate surface area is 99.7 Å². The van der Waals surface area contributed by atoms with Crippen LogP contribution < -0.4 is 0 Å². The molecule has 0 radical (unpaired) electrons. The van der Waals surface area contributed by atoms with Crippen LogP contribution in [0.15, 0.2) is 18.5 Å². The van der Waals surface area contributed by atoms with E-state index < -0.39 is 6.10 Å². The van der Waals surface area contributed by atoms with Crippen LogP contribution in [-0.2, 0) is 4.74 Å². The van der Waals surface area contributed by atoms with Gasteiger partial charge < -0.3 is 14.4 Å². The fourth-order valence-electron chi connectivity index (χ4n) is 2.03. The molecule has 0 spiro atoms. The van der Waals surface area contributed by atoms with Gasteiger partial charge in [0.2, 0.25) is 0 Å². The zero-order valence-corrected chi connectivity index (χ0v) is 9.96. The van der Waals surface area contributed by atoms with Crippen molar-refractivity contribution < 1.29 is 14.6 Å². The number of carbonyl (C=O) groups is 1. The van der Waals surface area contributed by atoms with E-state index in [4.69, 9.17) is 4.74 Å². The predicted molar refractivity (Wildman–Crippen MR) is 61.7 cm³/mol. The van der Waals surface area contributed by atoms with Crippen molar-refractivity contribution in [1.82, 2.24) is 9.55 Å². The summed E-state index contributed by atoms with van der Waals surface area (Å²) in [6.07, 6.45) is 5.36. The molecule has 2 unspecified atom stereocenters. The molecule has 1 aliphatic rings. The zero-order chi connectivity index (χ0) is 12.4. The number of aliphatic hydroxyl groups is 1. The van der Waals surface area contributed by atoms with Crippen LogP contribution in [0.3, 0.4) is 0 Å². The number of imidazole rings is 1. The second kappa shape index (κ2) is 4.71. The first-order valence-electron chi connectivity index (χ1n) is 5.70. The molecule has 1 aromatic rings. The highest BCUT2D eigenvalue weighted by atomic mass is 16.5. The normalized spacial score (nSPS) is 23.0. The van der Waals surface area contributed by atoms with Gasteiger partial charge in [-0.25, -0.2) is 9.78 Å². The molecule has 1 heterocycles. The molecule has 0 saturated heterocycles. The predicted octanol–water partition coefficient (Wildman–Crippen LogP) is 1.23. The van der Waals surface area contributed by atoms with Crippen LogP contribution in [0.1, 0.15) is 35.6 Å². The van der Waals surface area contributed by atoms with Crippen LogP contribution in [0.25, 0.3) is 0 Å². The lowest BCUT2D eigenvalue weighted by Crippen LogP contribution is -2.16. The highest BCUT2D eigenvalue weighted by Crippen LogP contribution is 2.25. The Kier molecular flexibility index (Phi) is 3.28. The van der Waals surface area contributed by atoms with Gasteiger partial charge >= 0.3 is 5.97 Å². The molecule has 0 amide bonds. The first-order valence-corrected chi connectivity index (χ1v) is 5.70. The molecule has 0 saturated carbocycles. The number of nitrogens with zero attached hydrogens (tertiary/aromatic N) is 2. The minimum absolute atomic E-state index is 0.0226. The van der Waals surface area contributed by atoms with Crippen LogP contribution in [-0.4, -0.2) is 33.3 Å². The quantitative estimate of drug-likeness (QED) is 0.633. The molecule has 0 aromatic carbocycles. The second-order valence-corrected chi connectivity index (χ2v) is 4.06. The highest BCUT2D eigenvalue weighted by Gasteiger charge is 2.25. The van der Waals surface area contributed by atoms with Crippen LogP contribution in [0.4, 0.5) is 0 Å². The Morgan fingerprint density at radius 3 is 3.00 bits per heavy atom. The molecule has 1 aromatic heterocycles. The van der Waals surface area contributed by atoms with Gasteiger partial charge in [0.15, 0.2) is 5.69 Å². The maximum Gasteiger partial charge on any atom is 0.356 e. The lowest BCUT2D eigenvalue weighted by atomic mass is 10.2. The van der Waals surface area contributed by atoms with Crippen LogP contribution in [0.5, 0.6) is 0 Å². The van der Waals surface area contributed by atoms with E-state index in [1.807, 2.05) is 6.08 Å². The van der Waals surface area contributed by atoms with Gasteiger partial charge in [-0.1, -0.05) is 12.2 Å². The molecule has 5 nitrogen and oxygen atoms in total. The number of hydrogen-bond acceptors (Lipinski definition) is 4. The maximum absolute atomic E-state index is 11.8. The first kappa shape index (κ1) is 11.9. The van der Waals surface area contributed by atoms with Gasteiger partial charge in [0, 0.05) is 6.42 Å². The smallest absolute Gasteiger partial charge is 0.356 e. The van der Waals surface area contributed by atoms with Gasteiger partial charge in [-0.2, -0.15) is 0 Å². The van der Waals surface area contributed by atoms with Crippen molar-refractivity contribution in [3.05, 3.63) is 29.9 Å². The fraction of sp³-hybridized carbons (Fsp3) is 0.500. The average molecular weight is 236 g/mol. The minimum Gasteiger partial charge on any atom is -0.461 e. The van der Waals surface area contributed by atoms with Crippen molar-refractivity contribution in [3.63, 3.8) is 0 Å². The maximum atomic E-state index is 11.8. The van der Waals surface area contributed by atoms with Gasteiger partial charge in [-0.3, -0.25) is 0 Å². The van der Waals surface area contributed by atoms with Gasteiger partial charge in [-0.05, 0) is 13.8 Å². The van der Waals surface area contributed by atoms with Crippen molar-refractivity contribution >= 4 is 5.97 Å². The van der Waals surface area contributed by atoms with Gasteiger partial charge in [0.1, 0.15) is 0 Å². The summed E-state index contributed by atoms with van der Waals surface area (Å²) in [5.74, 6) is -0.364. The summed E-state index contributed by atoms with van der Waals surface area (Å²) >= 11 is 0. The summed E-state index contributed by atoms with van der Waals surface area (Å²) in [4.78, 5) is 16.0. The number of esters is 1. The van der Waals surface area contributed by atoms with Gasteiger partial charge in [0.05, 0.1) is 30.8 Å². The molecular weight excluding hydrogens is 220 g/mol. The monoisotopic (exact) mass is 236 g/mol. The van der Waals surface area contributed by atoms with Crippen LogP contribution in [0.2, 0.25) is 0 Å². The summed E-state index contributed by atoms with van der Waals surface area (Å²) in [6.45, 7) is 3.89. The van der Waals surface area contributed by atoms with E-state index in [1.54, 1.807) is 30.8 Å². The second-order valence-electron chi connectivity index (χ2n) is 4.06. The van der Waals surface area contributed by atoms with E-state index in [1.165, 1.54) is 0 Å². The van der Waals surface area contributed by atoms with E-state index in [-0.39, 0.29) is 12.0 Å². The number of aliphatic hydroxyl groups excluding tert-OH is 1. The largest absolute Gasteiger partial charge is 0.461 e. The highest BCUT2D eigenvalue weighted by molar-refractivity contribution is 5.88. The number of ether oxygens (including phenoxy) is 1. The Bertz CT molecular complexity index is 451. The van der Waals surface area contributed by atoms with Crippen LogP contribution >= 0.6 is 0 Å². The lowest BCUT2D eigenvalue weighted by Gasteiger charge is -2.14. The molecule has 2 rings (SSSR count). The fourth-order valence-corrected chi connectivity index (χ4v) is 2.03. The molecule has 1 N–H and O–H groups in total. The van der Waals surface area contributed by atoms with E-state index in [0.29, 0.717) is 24.4 Å². The van der Waals surface area contributed by atoms with E-state index >= 15 is 0 Å². The molecule has 2 atom stereocenters. The summed E-state index contributed by atoms with van der Waals surface area (Å²) in [5, 5.41) is 9.46. The number of allylic oxidation sites excluding steroid dienone is 1. The summed E-state index contributed by atoms with van der Waals surface area (Å²) in [5.41, 5.74) is 1.12. The zero-order valence-electron chi connectivity index (χ0n) is 9.96. The topological polar surface area (TPSA) is 64.3 Å². The van der Waals surface area contributed by atoms with E-state index in [0.717, 1.165) is 0 Å². The third-order valence-corrected chi connectivity index (χ3v) is 2.84. The number of aromatic nitrogens is 2. The van der Waals surface area contributed by atoms with Crippen molar-refractivity contribution in [2.24, 2.45) is 0 Å². The standard InChI is InChI=1S/C12H16N2O3/c1-3-17-12(16)11-8(2)13-7-14(11)9-4-5-10(15)6-9/h4-5,7,9-10,15H,3,6H2,1-2H3. The SMILES string of the molecule is CCOC(=O)c1c(C)ncn1C1C=CC(O)C1. The number of carbonyl (C=O) groups excluding carboxylic acids is 1. The van der Waals surface area contributed by atoms with Crippen molar-refractivity contribution in [2.45, 2.75) is 32.4 Å². The van der Waals surface area contributed by atoms with Crippen LogP contribution in [0, 0.1) is 6.92 Å². The van der Waals surface area contributed by atoms with Crippen molar-refractivity contribution in [2.75, 3.05) is 6.61 Å². The summed E-state index contributed by atoms with van der Waals surface area (Å²) in [7, 11) is 0. The minimum atomic E-state index is -0.447. The summed E-state index contributed by atoms with van der Waals surface area (Å²) < 4.78 is 6.77. The number of hydrogen-bond donors (Lipinski definition) is 1. The Hall–Kier alpha value is -1.62. The Morgan fingerprint density at radius 2 is 2.41 bits per heavy atom. The van der Waals surface area contributed by atoms with E-state index in [9.17, 15) is 9.90 Å². The average Bonchev–Trinajstić information content (AvgIpc) is 2.85. The Morgan fingerprint density at radius 1 is 1.65 bits per heavy atom. The third kappa shape index (κ3) is 2.24. The van der Waals surface area contributed by atoms with Gasteiger partial charge in [-0.15, -0.1) is 0 Å². The van der Waals surface area contributed by atoms with E-state index in [2.05, 4.69) is 4.98 Å². The molecule has 0 aliphatic heterocycles. The Balaban J connectivity index is 2.29. The lowest BCUT2D eigenvalue weighted by molar-refractivity contribution is 0.0510. The molecule has 0 bridgehead atoms.